The fraction of sp³-hybridized carbons (Fsp3) is 0.417. The highest BCUT2D eigenvalue weighted by molar-refractivity contribution is 6.11. The number of hydrogen-bond acceptors (Lipinski definition) is 2. The number of imide groups is 1. The lowest BCUT2D eigenvalue weighted by Gasteiger charge is -2.43. The van der Waals surface area contributed by atoms with Crippen LogP contribution in [0.1, 0.15) is 84.9 Å². The van der Waals surface area contributed by atoms with Gasteiger partial charge in [-0.05, 0) is 65.0 Å². The van der Waals surface area contributed by atoms with Crippen molar-refractivity contribution in [2.45, 2.75) is 64.7 Å². The lowest BCUT2D eigenvalue weighted by atomic mass is 9.61. The van der Waals surface area contributed by atoms with Crippen molar-refractivity contribution < 1.29 is 9.59 Å². The molecule has 142 valence electrons. The number of amides is 2. The van der Waals surface area contributed by atoms with Crippen LogP contribution in [0.3, 0.4) is 0 Å². The largest absolute Gasteiger partial charge is 0.288 e. The second-order valence-electron chi connectivity index (χ2n) is 8.78. The number of nitrogens with one attached hydrogen (secondary N) is 1. The quantitative estimate of drug-likeness (QED) is 0.765. The Morgan fingerprint density at radius 2 is 1.52 bits per heavy atom. The Bertz CT molecular complexity index is 879. The van der Waals surface area contributed by atoms with E-state index < -0.39 is 0 Å². The lowest BCUT2D eigenvalue weighted by Crippen LogP contribution is -2.37. The summed E-state index contributed by atoms with van der Waals surface area (Å²) in [5.41, 5.74) is 4.93. The van der Waals surface area contributed by atoms with Gasteiger partial charge in [-0.3, -0.25) is 14.9 Å². The minimum atomic E-state index is -0.361. The zero-order valence-corrected chi connectivity index (χ0v) is 17.0. The standard InChI is InChI=1S/C24H29NO2/c1-6-17-18(22(27)25-21(26)16-10-8-7-9-11-16)12-13-19-20(17)24(4,5)15-14-23(19,2)3/h7-13H,6,14-15H2,1-5H3,(H,25,26,27). The molecule has 1 aliphatic rings. The van der Waals surface area contributed by atoms with Gasteiger partial charge in [0.25, 0.3) is 11.8 Å². The minimum Gasteiger partial charge on any atom is -0.288 e. The molecule has 0 heterocycles. The number of carbonyl (C=O) groups excluding carboxylic acids is 2. The summed E-state index contributed by atoms with van der Waals surface area (Å²) in [5, 5.41) is 2.56. The van der Waals surface area contributed by atoms with E-state index in [1.54, 1.807) is 24.3 Å². The summed E-state index contributed by atoms with van der Waals surface area (Å²) in [6.45, 7) is 11.2. The van der Waals surface area contributed by atoms with E-state index in [9.17, 15) is 9.59 Å². The molecule has 3 rings (SSSR count). The van der Waals surface area contributed by atoms with Crippen molar-refractivity contribution in [2.24, 2.45) is 0 Å². The Kier molecular flexibility index (Phi) is 4.98. The first-order valence-electron chi connectivity index (χ1n) is 9.75. The van der Waals surface area contributed by atoms with Crippen molar-refractivity contribution in [1.29, 1.82) is 0 Å². The SMILES string of the molecule is CCc1c(C(=O)NC(=O)c2ccccc2)ccc2c1C(C)(C)CCC2(C)C. The minimum absolute atomic E-state index is 0.0237. The van der Waals surface area contributed by atoms with E-state index in [1.807, 2.05) is 12.1 Å². The Morgan fingerprint density at radius 1 is 0.889 bits per heavy atom. The first-order valence-corrected chi connectivity index (χ1v) is 9.75. The first kappa shape index (κ1) is 19.3. The van der Waals surface area contributed by atoms with Crippen molar-refractivity contribution in [3.05, 3.63) is 70.3 Å². The summed E-state index contributed by atoms with van der Waals surface area (Å²) in [7, 11) is 0. The molecular weight excluding hydrogens is 334 g/mol. The normalized spacial score (nSPS) is 17.1. The molecule has 1 N–H and O–H groups in total. The maximum atomic E-state index is 12.9. The maximum Gasteiger partial charge on any atom is 0.258 e. The Labute approximate surface area is 162 Å². The van der Waals surface area contributed by atoms with Crippen molar-refractivity contribution in [3.8, 4) is 0 Å². The van der Waals surface area contributed by atoms with Crippen LogP contribution in [0.2, 0.25) is 0 Å². The van der Waals surface area contributed by atoms with Gasteiger partial charge < -0.3 is 0 Å². The van der Waals surface area contributed by atoms with Crippen molar-refractivity contribution in [1.82, 2.24) is 5.32 Å². The Morgan fingerprint density at radius 3 is 2.15 bits per heavy atom. The summed E-state index contributed by atoms with van der Waals surface area (Å²) in [6.07, 6.45) is 2.99. The molecule has 0 atom stereocenters. The zero-order valence-electron chi connectivity index (χ0n) is 17.0. The molecule has 0 aliphatic heterocycles. The average molecular weight is 364 g/mol. The van der Waals surface area contributed by atoms with Gasteiger partial charge in [-0.25, -0.2) is 0 Å². The maximum absolute atomic E-state index is 12.9. The van der Waals surface area contributed by atoms with E-state index in [1.165, 1.54) is 11.1 Å². The second-order valence-corrected chi connectivity index (χ2v) is 8.78. The van der Waals surface area contributed by atoms with Gasteiger partial charge in [0, 0.05) is 11.1 Å². The molecule has 0 saturated heterocycles. The van der Waals surface area contributed by atoms with Crippen LogP contribution in [-0.2, 0) is 17.3 Å². The summed E-state index contributed by atoms with van der Waals surface area (Å²) < 4.78 is 0. The van der Waals surface area contributed by atoms with Crippen LogP contribution in [0.25, 0.3) is 0 Å². The van der Waals surface area contributed by atoms with Gasteiger partial charge in [0.2, 0.25) is 0 Å². The van der Waals surface area contributed by atoms with Gasteiger partial charge in [0.15, 0.2) is 0 Å². The smallest absolute Gasteiger partial charge is 0.258 e. The highest BCUT2D eigenvalue weighted by Crippen LogP contribution is 2.47. The van der Waals surface area contributed by atoms with Crippen LogP contribution in [0, 0.1) is 0 Å². The molecule has 2 aromatic rings. The van der Waals surface area contributed by atoms with E-state index in [0.717, 1.165) is 24.8 Å². The van der Waals surface area contributed by atoms with E-state index >= 15 is 0 Å². The lowest BCUT2D eigenvalue weighted by molar-refractivity contribution is 0.0848. The third-order valence-corrected chi connectivity index (χ3v) is 5.96. The van der Waals surface area contributed by atoms with E-state index in [0.29, 0.717) is 11.1 Å². The highest BCUT2D eigenvalue weighted by atomic mass is 16.2. The van der Waals surface area contributed by atoms with Gasteiger partial charge in [-0.2, -0.15) is 0 Å². The number of rotatable bonds is 3. The monoisotopic (exact) mass is 363 g/mol. The third-order valence-electron chi connectivity index (χ3n) is 5.96. The first-order chi connectivity index (χ1) is 12.7. The van der Waals surface area contributed by atoms with Gasteiger partial charge in [0.1, 0.15) is 0 Å². The molecule has 0 radical (unpaired) electrons. The van der Waals surface area contributed by atoms with E-state index in [-0.39, 0.29) is 22.6 Å². The molecule has 3 nitrogen and oxygen atoms in total. The fourth-order valence-electron chi connectivity index (χ4n) is 4.28. The fourth-order valence-corrected chi connectivity index (χ4v) is 4.28. The van der Waals surface area contributed by atoms with Gasteiger partial charge >= 0.3 is 0 Å². The number of fused-ring (bicyclic) bond motifs is 1. The topological polar surface area (TPSA) is 46.2 Å². The molecule has 2 aromatic carbocycles. The summed E-state index contributed by atoms with van der Waals surface area (Å²) in [4.78, 5) is 25.3. The van der Waals surface area contributed by atoms with Crippen LogP contribution in [-0.4, -0.2) is 11.8 Å². The molecule has 0 spiro atoms. The molecule has 0 aromatic heterocycles. The molecule has 27 heavy (non-hydrogen) atoms. The Balaban J connectivity index is 2.02. The van der Waals surface area contributed by atoms with Crippen LogP contribution in [0.4, 0.5) is 0 Å². The van der Waals surface area contributed by atoms with Gasteiger partial charge in [-0.1, -0.05) is 58.9 Å². The molecule has 0 bridgehead atoms. The molecule has 3 heteroatoms. The van der Waals surface area contributed by atoms with Crippen LogP contribution >= 0.6 is 0 Å². The summed E-state index contributed by atoms with van der Waals surface area (Å²) >= 11 is 0. The van der Waals surface area contributed by atoms with Crippen LogP contribution in [0.15, 0.2) is 42.5 Å². The molecule has 2 amide bonds. The number of hydrogen-bond donors (Lipinski definition) is 1. The van der Waals surface area contributed by atoms with Gasteiger partial charge in [-0.15, -0.1) is 0 Å². The number of carbonyl (C=O) groups is 2. The number of benzene rings is 2. The van der Waals surface area contributed by atoms with Crippen LogP contribution in [0.5, 0.6) is 0 Å². The highest BCUT2D eigenvalue weighted by Gasteiger charge is 2.39. The zero-order chi connectivity index (χ0) is 19.8. The average Bonchev–Trinajstić information content (AvgIpc) is 2.65. The summed E-state index contributed by atoms with van der Waals surface area (Å²) in [5.74, 6) is -0.678. The molecular formula is C24H29NO2. The third kappa shape index (κ3) is 3.55. The van der Waals surface area contributed by atoms with E-state index in [4.69, 9.17) is 0 Å². The van der Waals surface area contributed by atoms with Gasteiger partial charge in [0.05, 0.1) is 0 Å². The molecule has 0 unspecified atom stereocenters. The van der Waals surface area contributed by atoms with Crippen molar-refractivity contribution in [3.63, 3.8) is 0 Å². The second kappa shape index (κ2) is 6.95. The predicted molar refractivity (Wildman–Crippen MR) is 109 cm³/mol. The van der Waals surface area contributed by atoms with Crippen LogP contribution < -0.4 is 5.32 Å². The molecule has 1 aliphatic carbocycles. The van der Waals surface area contributed by atoms with E-state index in [2.05, 4.69) is 46.0 Å². The summed E-state index contributed by atoms with van der Waals surface area (Å²) in [6, 6.07) is 12.8. The Hall–Kier alpha value is -2.42. The molecule has 0 saturated carbocycles. The predicted octanol–water partition coefficient (Wildman–Crippen LogP) is 5.17. The van der Waals surface area contributed by atoms with Crippen molar-refractivity contribution in [2.75, 3.05) is 0 Å². The van der Waals surface area contributed by atoms with Crippen molar-refractivity contribution >= 4 is 11.8 Å². The molecule has 0 fully saturated rings.